The summed E-state index contributed by atoms with van der Waals surface area (Å²) in [7, 11) is 4.27. The van der Waals surface area contributed by atoms with E-state index in [4.69, 9.17) is 9.29 Å². The number of thioether (sulfide) groups is 1. The predicted octanol–water partition coefficient (Wildman–Crippen LogP) is 12.0. The molecule has 2 bridgehead atoms. The minimum atomic E-state index is 0.577. The molecule has 7 heteroatoms. The van der Waals surface area contributed by atoms with Crippen LogP contribution in [0.15, 0.2) is 82.6 Å². The summed E-state index contributed by atoms with van der Waals surface area (Å²) in [5.74, 6) is 2.32. The molecule has 4 aliphatic heterocycles. The van der Waals surface area contributed by atoms with E-state index in [9.17, 15) is 0 Å². The number of terminal acetylenes is 1. The normalized spacial score (nSPS) is 19.0. The molecule has 3 aromatic rings. The van der Waals surface area contributed by atoms with Gasteiger partial charge in [-0.1, -0.05) is 89.3 Å². The highest BCUT2D eigenvalue weighted by Crippen LogP contribution is 2.45. The molecule has 0 aromatic heterocycles. The number of hydrogen-bond acceptors (Lipinski definition) is 6. The molecule has 0 unspecified atom stereocenters. The van der Waals surface area contributed by atoms with Crippen molar-refractivity contribution < 1.29 is 13.8 Å². The van der Waals surface area contributed by atoms with E-state index in [0.717, 1.165) is 29.3 Å². The number of quaternary nitrogens is 1. The summed E-state index contributed by atoms with van der Waals surface area (Å²) in [5.41, 5.74) is 4.71. The minimum absolute atomic E-state index is 0.577. The maximum atomic E-state index is 8.55. The molecule has 0 spiro atoms. The van der Waals surface area contributed by atoms with Crippen molar-refractivity contribution in [2.45, 2.75) is 109 Å². The Kier molecular flexibility index (Phi) is 23.8. The predicted molar refractivity (Wildman–Crippen MR) is 240 cm³/mol. The molecule has 3 saturated heterocycles. The Morgan fingerprint density at radius 2 is 1.46 bits per heavy atom. The number of nitrogens with zero attached hydrogens (tertiary/aromatic N) is 3. The van der Waals surface area contributed by atoms with Crippen LogP contribution in [0, 0.1) is 25.2 Å². The highest BCUT2D eigenvalue weighted by Gasteiger charge is 2.37. The van der Waals surface area contributed by atoms with Gasteiger partial charge in [0, 0.05) is 67.0 Å². The largest absolute Gasteiger partial charge is 0.494 e. The highest BCUT2D eigenvalue weighted by molar-refractivity contribution is 7.99. The second-order valence-corrected chi connectivity index (χ2v) is 16.7. The molecule has 0 atom stereocenters. The van der Waals surface area contributed by atoms with Gasteiger partial charge in [0.1, 0.15) is 5.75 Å². The molecule has 5 nitrogen and oxygen atoms in total. The van der Waals surface area contributed by atoms with Crippen molar-refractivity contribution in [1.29, 1.82) is 0 Å². The van der Waals surface area contributed by atoms with Gasteiger partial charge in [0.15, 0.2) is 0 Å². The number of unbranched alkanes of at least 4 members (excludes halogenated alkanes) is 3. The van der Waals surface area contributed by atoms with Crippen molar-refractivity contribution >= 4 is 29.5 Å². The van der Waals surface area contributed by atoms with E-state index in [-0.39, 0.29) is 0 Å². The van der Waals surface area contributed by atoms with E-state index < -0.39 is 0 Å². The van der Waals surface area contributed by atoms with Crippen molar-refractivity contribution in [2.24, 2.45) is 5.41 Å². The Labute approximate surface area is 340 Å². The van der Waals surface area contributed by atoms with E-state index in [2.05, 4.69) is 80.6 Å². The second-order valence-electron chi connectivity index (χ2n) is 15.0. The van der Waals surface area contributed by atoms with Gasteiger partial charge in [-0.15, -0.1) is 24.6 Å². The quantitative estimate of drug-likeness (QED) is 0.0760. The Morgan fingerprint density at radius 3 is 2.02 bits per heavy atom. The Bertz CT molecular complexity index is 1380. The van der Waals surface area contributed by atoms with Gasteiger partial charge < -0.3 is 18.7 Å². The van der Waals surface area contributed by atoms with E-state index in [1.54, 1.807) is 5.56 Å². The van der Waals surface area contributed by atoms with Gasteiger partial charge in [-0.3, -0.25) is 4.90 Å². The third kappa shape index (κ3) is 16.6. The monoisotopic (exact) mass is 777 g/mol. The van der Waals surface area contributed by atoms with Gasteiger partial charge in [0.2, 0.25) is 0 Å². The van der Waals surface area contributed by atoms with Gasteiger partial charge in [-0.2, -0.15) is 0 Å². The fourth-order valence-corrected chi connectivity index (χ4v) is 9.09. The highest BCUT2D eigenvalue weighted by atomic mass is 32.2. The Morgan fingerprint density at radius 1 is 0.852 bits per heavy atom. The smallest absolute Gasteiger partial charge is 0.119 e. The van der Waals surface area contributed by atoms with Crippen molar-refractivity contribution in [3.63, 3.8) is 0 Å². The molecule has 3 fully saturated rings. The number of piperazine rings is 3. The fraction of sp³-hybridized carbons (Fsp3) is 0.574. The number of hydrogen-bond donors (Lipinski definition) is 1. The minimum Gasteiger partial charge on any atom is -0.494 e. The lowest BCUT2D eigenvalue weighted by Crippen LogP contribution is -2.67. The van der Waals surface area contributed by atoms with Crippen molar-refractivity contribution in [1.82, 2.24) is 4.90 Å². The Hall–Kier alpha value is -2.60. The van der Waals surface area contributed by atoms with Crippen molar-refractivity contribution in [2.75, 3.05) is 77.2 Å². The summed E-state index contributed by atoms with van der Waals surface area (Å²) in [5, 5.41) is 0. The van der Waals surface area contributed by atoms with Gasteiger partial charge in [-0.25, -0.2) is 0 Å². The molecular weight excluding hydrogens is 703 g/mol. The average molecular weight is 777 g/mol. The van der Waals surface area contributed by atoms with Crippen molar-refractivity contribution in [3.8, 4) is 18.6 Å². The van der Waals surface area contributed by atoms with Crippen LogP contribution in [0.3, 0.4) is 0 Å². The van der Waals surface area contributed by atoms with E-state index in [1.165, 1.54) is 136 Å². The molecule has 0 saturated carbocycles. The average Bonchev–Trinajstić information content (AvgIpc) is 3.42. The number of para-hydroxylation sites is 1. The standard InChI is InChI=1S/C20H33NS.C16H25N2O.C7H8OS.C2H6.C2H2/c1-5-7-12-20(13-8-6-2)14-11-17-15-18(21(3)4)9-10-19(17)22-16-20;1-2-6-16(7-3-1)19-15-5-4-11-18-12-8-17(9-13-18)10-14-18;1-6-2-4-7(9-8)5-3-6;2*1-2/h9-10,15H,5-8,11-14,16H2,1-4H3;1-3,6-7H,4-5,8-15H2;2-5,8H,1H3;1-2H3;1-2H/q;+1;;;. The lowest BCUT2D eigenvalue weighted by atomic mass is 9.75. The zero-order chi connectivity index (χ0) is 39.7. The lowest BCUT2D eigenvalue weighted by molar-refractivity contribution is -0.941. The number of fused-ring (bicyclic) bond motifs is 4. The molecular formula is C47H74N3O2S2+. The van der Waals surface area contributed by atoms with E-state index in [1.807, 2.05) is 75.4 Å². The molecule has 7 rings (SSSR count). The zero-order valence-electron chi connectivity index (χ0n) is 35.0. The van der Waals surface area contributed by atoms with Crippen LogP contribution in [-0.2, 0) is 6.42 Å². The van der Waals surface area contributed by atoms with Crippen molar-refractivity contribution in [3.05, 3.63) is 83.9 Å². The summed E-state index contributed by atoms with van der Waals surface area (Å²) in [6, 6.07) is 24.9. The molecule has 3 aromatic carbocycles. The second kappa shape index (κ2) is 27.1. The molecule has 4 aliphatic rings. The van der Waals surface area contributed by atoms with Crippen LogP contribution < -0.4 is 9.64 Å². The van der Waals surface area contributed by atoms with Crippen LogP contribution >= 0.6 is 23.8 Å². The number of ether oxygens (including phenoxy) is 1. The van der Waals surface area contributed by atoms with Crippen LogP contribution in [0.25, 0.3) is 0 Å². The van der Waals surface area contributed by atoms with Crippen LogP contribution in [0.5, 0.6) is 5.75 Å². The van der Waals surface area contributed by atoms with Gasteiger partial charge in [0.05, 0.1) is 32.8 Å². The molecule has 4 heterocycles. The van der Waals surface area contributed by atoms with Gasteiger partial charge in [-0.05, 0) is 98.9 Å². The lowest BCUT2D eigenvalue weighted by Gasteiger charge is -2.50. The Balaban J connectivity index is 0.000000285. The molecule has 1 N–H and O–H groups in total. The summed E-state index contributed by atoms with van der Waals surface area (Å²) < 4.78 is 15.7. The first-order valence-electron chi connectivity index (χ1n) is 20.7. The molecule has 0 radical (unpaired) electrons. The van der Waals surface area contributed by atoms with Gasteiger partial charge >= 0.3 is 0 Å². The SMILES string of the molecule is C#C.CC.CCCCC1(CCCC)CCc2cc(N(C)C)ccc2SC1.Cc1ccc(SO)cc1.c1ccc(OCCCC[N+]23CCN(CC2)CC3)cc1. The van der Waals surface area contributed by atoms with E-state index >= 15 is 0 Å². The first-order chi connectivity index (χ1) is 26.3. The molecule has 0 amide bonds. The molecule has 54 heavy (non-hydrogen) atoms. The van der Waals surface area contributed by atoms with Crippen LogP contribution in [0.1, 0.15) is 96.6 Å². The summed E-state index contributed by atoms with van der Waals surface area (Å²) >= 11 is 2.90. The number of benzene rings is 3. The van der Waals surface area contributed by atoms with Crippen LogP contribution in [-0.4, -0.2) is 86.2 Å². The number of rotatable bonds is 14. The number of anilines is 1. The summed E-state index contributed by atoms with van der Waals surface area (Å²) in [6.45, 7) is 21.0. The maximum absolute atomic E-state index is 8.55. The topological polar surface area (TPSA) is 35.9 Å². The third-order valence-corrected chi connectivity index (χ3v) is 12.9. The van der Waals surface area contributed by atoms with E-state index in [0.29, 0.717) is 5.41 Å². The maximum Gasteiger partial charge on any atom is 0.119 e. The first-order valence-corrected chi connectivity index (χ1v) is 22.4. The zero-order valence-corrected chi connectivity index (χ0v) is 36.7. The first kappa shape index (κ1) is 47.6. The van der Waals surface area contributed by atoms with Gasteiger partial charge in [0.25, 0.3) is 0 Å². The fourth-order valence-electron chi connectivity index (χ4n) is 7.43. The number of aryl methyl sites for hydroxylation is 2. The molecule has 0 aliphatic carbocycles. The summed E-state index contributed by atoms with van der Waals surface area (Å²) in [4.78, 5) is 7.25. The van der Waals surface area contributed by atoms with Crippen LogP contribution in [0.4, 0.5) is 5.69 Å². The van der Waals surface area contributed by atoms with Crippen LogP contribution in [0.2, 0.25) is 0 Å². The molecule has 300 valence electrons. The summed E-state index contributed by atoms with van der Waals surface area (Å²) in [6.07, 6.45) is 21.4. The third-order valence-electron chi connectivity index (χ3n) is 11.0.